The van der Waals surface area contributed by atoms with Gasteiger partial charge in [0.2, 0.25) is 0 Å². The van der Waals surface area contributed by atoms with Crippen LogP contribution in [-0.2, 0) is 0 Å². The third kappa shape index (κ3) is 3.08. The van der Waals surface area contributed by atoms with Crippen molar-refractivity contribution in [1.29, 1.82) is 0 Å². The Morgan fingerprint density at radius 2 is 1.74 bits per heavy atom. The van der Waals surface area contributed by atoms with Gasteiger partial charge in [-0.1, -0.05) is 35.9 Å². The molecule has 1 fully saturated rings. The average Bonchev–Trinajstić information content (AvgIpc) is 3.08. The Morgan fingerprint density at radius 1 is 1.04 bits per heavy atom. The predicted octanol–water partition coefficient (Wildman–Crippen LogP) is 3.94. The summed E-state index contributed by atoms with van der Waals surface area (Å²) < 4.78 is 0. The molecule has 1 N–H and O–H groups in total. The van der Waals surface area contributed by atoms with Gasteiger partial charge in [0.25, 0.3) is 5.91 Å². The van der Waals surface area contributed by atoms with Crippen LogP contribution in [0.15, 0.2) is 42.5 Å². The van der Waals surface area contributed by atoms with Crippen LogP contribution in [0.3, 0.4) is 0 Å². The third-order valence-corrected chi connectivity index (χ3v) is 4.36. The number of nitrogens with zero attached hydrogens (tertiary/aromatic N) is 1. The summed E-state index contributed by atoms with van der Waals surface area (Å²) in [7, 11) is 0. The first-order chi connectivity index (χ1) is 11.1. The standard InChI is InChI=1S/C18H16ClNO3/c19-15-8-4-7-14(16(15)18(22)23)12-5-3-6-13(11-12)17(21)20-9-1-2-10-20/h3-8,11H,1-2,9-10H2,(H,22,23). The Balaban J connectivity index is 2.02. The number of carboxylic acid groups (broad SMARTS) is 1. The number of likely N-dealkylation sites (tertiary alicyclic amines) is 1. The molecule has 0 saturated carbocycles. The lowest BCUT2D eigenvalue weighted by atomic mass is 9.97. The molecule has 0 unspecified atom stereocenters. The van der Waals surface area contributed by atoms with E-state index in [0.717, 1.165) is 25.9 Å². The highest BCUT2D eigenvalue weighted by Gasteiger charge is 2.21. The Bertz CT molecular complexity index is 767. The number of benzene rings is 2. The average molecular weight is 330 g/mol. The summed E-state index contributed by atoms with van der Waals surface area (Å²) in [6.45, 7) is 1.56. The van der Waals surface area contributed by atoms with E-state index in [2.05, 4.69) is 0 Å². The number of hydrogen-bond acceptors (Lipinski definition) is 2. The van der Waals surface area contributed by atoms with Crippen molar-refractivity contribution in [3.05, 3.63) is 58.6 Å². The molecule has 1 aliphatic heterocycles. The minimum absolute atomic E-state index is 0.0109. The van der Waals surface area contributed by atoms with Crippen molar-refractivity contribution < 1.29 is 14.7 Å². The van der Waals surface area contributed by atoms with Crippen molar-refractivity contribution in [1.82, 2.24) is 4.90 Å². The quantitative estimate of drug-likeness (QED) is 0.927. The van der Waals surface area contributed by atoms with Crippen LogP contribution in [0.25, 0.3) is 11.1 Å². The van der Waals surface area contributed by atoms with Gasteiger partial charge >= 0.3 is 5.97 Å². The van der Waals surface area contributed by atoms with Crippen molar-refractivity contribution in [2.75, 3.05) is 13.1 Å². The molecule has 1 aliphatic rings. The van der Waals surface area contributed by atoms with Gasteiger partial charge in [-0.3, -0.25) is 4.79 Å². The SMILES string of the molecule is O=C(O)c1c(Cl)cccc1-c1cccc(C(=O)N2CCCC2)c1. The van der Waals surface area contributed by atoms with E-state index >= 15 is 0 Å². The van der Waals surface area contributed by atoms with Crippen LogP contribution in [0.1, 0.15) is 33.6 Å². The first-order valence-corrected chi connectivity index (χ1v) is 7.87. The van der Waals surface area contributed by atoms with Gasteiger partial charge in [0.05, 0.1) is 10.6 Å². The fourth-order valence-corrected chi connectivity index (χ4v) is 3.16. The molecule has 0 aliphatic carbocycles. The van der Waals surface area contributed by atoms with E-state index in [9.17, 15) is 14.7 Å². The normalized spacial score (nSPS) is 14.0. The van der Waals surface area contributed by atoms with Crippen molar-refractivity contribution >= 4 is 23.5 Å². The van der Waals surface area contributed by atoms with Crippen LogP contribution in [0.2, 0.25) is 5.02 Å². The van der Waals surface area contributed by atoms with E-state index < -0.39 is 5.97 Å². The lowest BCUT2D eigenvalue weighted by Gasteiger charge is -2.16. The molecule has 2 aromatic rings. The first-order valence-electron chi connectivity index (χ1n) is 7.49. The highest BCUT2D eigenvalue weighted by atomic mass is 35.5. The molecule has 118 valence electrons. The molecule has 0 radical (unpaired) electrons. The maximum atomic E-state index is 12.5. The van der Waals surface area contributed by atoms with Crippen LogP contribution in [0.5, 0.6) is 0 Å². The van der Waals surface area contributed by atoms with Gasteiger partial charge in [-0.05, 0) is 42.2 Å². The molecule has 2 aromatic carbocycles. The summed E-state index contributed by atoms with van der Waals surface area (Å²) in [6, 6.07) is 12.0. The van der Waals surface area contributed by atoms with E-state index in [1.54, 1.807) is 42.5 Å². The van der Waals surface area contributed by atoms with Crippen molar-refractivity contribution in [2.24, 2.45) is 0 Å². The minimum Gasteiger partial charge on any atom is -0.478 e. The van der Waals surface area contributed by atoms with Gasteiger partial charge in [-0.2, -0.15) is 0 Å². The largest absolute Gasteiger partial charge is 0.478 e. The second-order valence-electron chi connectivity index (χ2n) is 5.55. The molecule has 5 heteroatoms. The van der Waals surface area contributed by atoms with Crippen LogP contribution in [0.4, 0.5) is 0 Å². The molecule has 0 spiro atoms. The van der Waals surface area contributed by atoms with Gasteiger partial charge in [0.1, 0.15) is 0 Å². The molecule has 0 atom stereocenters. The Labute approximate surface area is 139 Å². The Morgan fingerprint density at radius 3 is 2.43 bits per heavy atom. The topological polar surface area (TPSA) is 57.6 Å². The summed E-state index contributed by atoms with van der Waals surface area (Å²) in [5, 5.41) is 9.59. The van der Waals surface area contributed by atoms with Crippen LogP contribution >= 0.6 is 11.6 Å². The number of aromatic carboxylic acids is 1. The van der Waals surface area contributed by atoms with Gasteiger partial charge in [0.15, 0.2) is 0 Å². The number of halogens is 1. The smallest absolute Gasteiger partial charge is 0.337 e. The Hall–Kier alpha value is -2.33. The molecule has 4 nitrogen and oxygen atoms in total. The number of carboxylic acids is 1. The lowest BCUT2D eigenvalue weighted by molar-refractivity contribution is 0.0697. The monoisotopic (exact) mass is 329 g/mol. The summed E-state index contributed by atoms with van der Waals surface area (Å²) >= 11 is 6.02. The second kappa shape index (κ2) is 6.42. The maximum absolute atomic E-state index is 12.5. The van der Waals surface area contributed by atoms with Crippen LogP contribution < -0.4 is 0 Å². The molecule has 1 heterocycles. The van der Waals surface area contributed by atoms with Gasteiger partial charge in [0, 0.05) is 18.7 Å². The number of rotatable bonds is 3. The summed E-state index contributed by atoms with van der Waals surface area (Å²) in [4.78, 5) is 25.8. The summed E-state index contributed by atoms with van der Waals surface area (Å²) in [6.07, 6.45) is 2.06. The zero-order valence-electron chi connectivity index (χ0n) is 12.5. The molecule has 0 aromatic heterocycles. The molecular formula is C18H16ClNO3. The fraction of sp³-hybridized carbons (Fsp3) is 0.222. The van der Waals surface area contributed by atoms with Crippen LogP contribution in [0, 0.1) is 0 Å². The number of hydrogen-bond donors (Lipinski definition) is 1. The molecule has 23 heavy (non-hydrogen) atoms. The predicted molar refractivity (Wildman–Crippen MR) is 89.0 cm³/mol. The van der Waals surface area contributed by atoms with E-state index in [1.807, 2.05) is 4.90 Å². The van der Waals surface area contributed by atoms with E-state index in [1.165, 1.54) is 0 Å². The van der Waals surface area contributed by atoms with Gasteiger partial charge in [-0.25, -0.2) is 4.79 Å². The molecule has 1 saturated heterocycles. The highest BCUT2D eigenvalue weighted by Crippen LogP contribution is 2.30. The zero-order valence-corrected chi connectivity index (χ0v) is 13.2. The number of amides is 1. The summed E-state index contributed by atoms with van der Waals surface area (Å²) in [5.41, 5.74) is 1.82. The van der Waals surface area contributed by atoms with E-state index in [-0.39, 0.29) is 16.5 Å². The fourth-order valence-electron chi connectivity index (χ4n) is 2.90. The van der Waals surface area contributed by atoms with Crippen molar-refractivity contribution in [2.45, 2.75) is 12.8 Å². The van der Waals surface area contributed by atoms with Crippen molar-refractivity contribution in [3.8, 4) is 11.1 Å². The van der Waals surface area contributed by atoms with E-state index in [4.69, 9.17) is 11.6 Å². The summed E-state index contributed by atoms with van der Waals surface area (Å²) in [5.74, 6) is -1.09. The highest BCUT2D eigenvalue weighted by molar-refractivity contribution is 6.34. The molecule has 1 amide bonds. The minimum atomic E-state index is -1.08. The number of carbonyl (C=O) groups excluding carboxylic acids is 1. The van der Waals surface area contributed by atoms with Gasteiger partial charge < -0.3 is 10.0 Å². The second-order valence-corrected chi connectivity index (χ2v) is 5.95. The molecular weight excluding hydrogens is 314 g/mol. The Kier molecular flexibility index (Phi) is 4.35. The first kappa shape index (κ1) is 15.6. The van der Waals surface area contributed by atoms with Gasteiger partial charge in [-0.15, -0.1) is 0 Å². The molecule has 0 bridgehead atoms. The maximum Gasteiger partial charge on any atom is 0.337 e. The van der Waals surface area contributed by atoms with Crippen LogP contribution in [-0.4, -0.2) is 35.0 Å². The third-order valence-electron chi connectivity index (χ3n) is 4.04. The van der Waals surface area contributed by atoms with Crippen molar-refractivity contribution in [3.63, 3.8) is 0 Å². The number of carbonyl (C=O) groups is 2. The zero-order chi connectivity index (χ0) is 16.4. The molecule has 3 rings (SSSR count). The van der Waals surface area contributed by atoms with E-state index in [0.29, 0.717) is 16.7 Å². The lowest BCUT2D eigenvalue weighted by Crippen LogP contribution is -2.27.